The summed E-state index contributed by atoms with van der Waals surface area (Å²) in [5, 5.41) is 6.41. The number of ether oxygens (including phenoxy) is 1. The molecule has 6 rings (SSSR count). The molecule has 1 spiro atoms. The number of fused-ring (bicyclic) bond motifs is 3. The molecule has 0 radical (unpaired) electrons. The summed E-state index contributed by atoms with van der Waals surface area (Å²) in [4.78, 5) is 37.6. The van der Waals surface area contributed by atoms with Crippen LogP contribution in [-0.2, 0) is 26.2 Å². The molecule has 0 aromatic carbocycles. The molecular weight excluding hydrogens is 460 g/mol. The van der Waals surface area contributed by atoms with E-state index in [0.717, 1.165) is 69.2 Å². The molecule has 0 amide bonds. The zero-order valence-electron chi connectivity index (χ0n) is 21.2. The lowest BCUT2D eigenvalue weighted by Gasteiger charge is -2.36. The van der Waals surface area contributed by atoms with Crippen LogP contribution in [0.1, 0.15) is 81.2 Å². The van der Waals surface area contributed by atoms with Crippen molar-refractivity contribution in [2.45, 2.75) is 88.3 Å². The summed E-state index contributed by atoms with van der Waals surface area (Å²) in [7, 11) is 3.53. The number of ketones is 1. The number of methoxy groups -OCH3 is 1. The summed E-state index contributed by atoms with van der Waals surface area (Å²) < 4.78 is 11.0. The van der Waals surface area contributed by atoms with E-state index in [1.807, 2.05) is 5.01 Å². The zero-order chi connectivity index (χ0) is 25.0. The van der Waals surface area contributed by atoms with Crippen molar-refractivity contribution in [3.05, 3.63) is 23.1 Å². The number of aromatic nitrogens is 3. The number of hydrogen-bond acceptors (Lipinski definition) is 10. The maximum Gasteiger partial charge on any atom is 0.329 e. The van der Waals surface area contributed by atoms with Crippen molar-refractivity contribution in [2.24, 2.45) is 0 Å². The summed E-state index contributed by atoms with van der Waals surface area (Å²) in [6.45, 7) is 3.21. The fourth-order valence-electron chi connectivity index (χ4n) is 6.86. The van der Waals surface area contributed by atoms with Crippen LogP contribution < -0.4 is 10.4 Å². The molecule has 0 bridgehead atoms. The van der Waals surface area contributed by atoms with Crippen molar-refractivity contribution in [3.63, 3.8) is 0 Å². The van der Waals surface area contributed by atoms with Crippen LogP contribution in [0.4, 0.5) is 5.82 Å². The van der Waals surface area contributed by atoms with Crippen LogP contribution in [0.2, 0.25) is 0 Å². The summed E-state index contributed by atoms with van der Waals surface area (Å²) >= 11 is 0. The Morgan fingerprint density at radius 2 is 2.08 bits per heavy atom. The maximum atomic E-state index is 13.0. The fraction of sp³-hybridized carbons (Fsp3) is 0.654. The van der Waals surface area contributed by atoms with Crippen molar-refractivity contribution in [2.75, 3.05) is 25.7 Å². The van der Waals surface area contributed by atoms with E-state index in [1.54, 1.807) is 6.20 Å². The summed E-state index contributed by atoms with van der Waals surface area (Å²) in [6.07, 6.45) is 9.86. The van der Waals surface area contributed by atoms with Crippen molar-refractivity contribution in [1.29, 1.82) is 0 Å². The highest BCUT2D eigenvalue weighted by Crippen LogP contribution is 2.47. The number of anilines is 1. The summed E-state index contributed by atoms with van der Waals surface area (Å²) in [5.41, 5.74) is 5.05. The Morgan fingerprint density at radius 3 is 2.83 bits per heavy atom. The van der Waals surface area contributed by atoms with E-state index < -0.39 is 11.5 Å². The first-order valence-electron chi connectivity index (χ1n) is 13.2. The average molecular weight is 495 g/mol. The van der Waals surface area contributed by atoms with Crippen LogP contribution in [0.3, 0.4) is 0 Å². The van der Waals surface area contributed by atoms with Crippen LogP contribution in [0, 0.1) is 0 Å². The Bertz CT molecular complexity index is 1200. The standard InChI is InChI=1S/C26H34N6O4/c1-15(18-9-7-13-31(18)2)32-24-17(21(29-32)25(34)35-3)14-27-23(28-24)20-16-8-6-12-26(22(16)36-30-20)11-5-4-10-19(26)33/h14-15,18,21,29H,4-13H2,1-3H3/t15-,18-,21?,26+/m0/s1. The number of Topliss-reactive ketones (excluding diaryl/α,β-unsaturated/α-hetero) is 1. The van der Waals surface area contributed by atoms with Gasteiger partial charge in [0.1, 0.15) is 5.78 Å². The minimum Gasteiger partial charge on any atom is -0.468 e. The number of likely N-dealkylation sites (N-methyl/N-ethyl adjacent to an activating group) is 1. The van der Waals surface area contributed by atoms with Crippen LogP contribution in [-0.4, -0.2) is 64.6 Å². The second-order valence-electron chi connectivity index (χ2n) is 10.8. The van der Waals surface area contributed by atoms with E-state index in [9.17, 15) is 9.59 Å². The molecule has 4 heterocycles. The molecular formula is C26H34N6O4. The normalized spacial score (nSPS) is 28.9. The highest BCUT2D eigenvalue weighted by molar-refractivity contribution is 5.91. The number of hydrogen-bond donors (Lipinski definition) is 1. The van der Waals surface area contributed by atoms with Crippen molar-refractivity contribution in [1.82, 2.24) is 25.5 Å². The maximum absolute atomic E-state index is 13.0. The SMILES string of the molecule is COC(=O)C1NN([C@@H](C)[C@@H]2CCCN2C)c2nc(-c3noc4c3CCC[C@@]43CCCCC3=O)ncc21. The summed E-state index contributed by atoms with van der Waals surface area (Å²) in [5.74, 6) is 1.75. The van der Waals surface area contributed by atoms with Crippen molar-refractivity contribution in [3.8, 4) is 11.5 Å². The molecule has 1 N–H and O–H groups in total. The largest absolute Gasteiger partial charge is 0.468 e. The third-order valence-electron chi connectivity index (χ3n) is 8.84. The molecule has 2 aliphatic carbocycles. The van der Waals surface area contributed by atoms with Gasteiger partial charge in [-0.15, -0.1) is 0 Å². The molecule has 10 heteroatoms. The van der Waals surface area contributed by atoms with Gasteiger partial charge in [0.2, 0.25) is 0 Å². The highest BCUT2D eigenvalue weighted by atomic mass is 16.5. The Balaban J connectivity index is 1.40. The van der Waals surface area contributed by atoms with Crippen LogP contribution >= 0.6 is 0 Å². The molecule has 2 fully saturated rings. The third kappa shape index (κ3) is 3.48. The molecule has 4 atom stereocenters. The Hall–Kier alpha value is -2.85. The van der Waals surface area contributed by atoms with Gasteiger partial charge in [-0.2, -0.15) is 0 Å². The molecule has 1 saturated carbocycles. The van der Waals surface area contributed by atoms with Gasteiger partial charge in [0.15, 0.2) is 29.1 Å². The molecule has 4 aliphatic rings. The first kappa shape index (κ1) is 23.5. The topological polar surface area (TPSA) is 114 Å². The number of nitrogens with one attached hydrogen (secondary N) is 1. The molecule has 192 valence electrons. The number of likely N-dealkylation sites (tertiary alicyclic amines) is 1. The number of nitrogens with zero attached hydrogens (tertiary/aromatic N) is 5. The summed E-state index contributed by atoms with van der Waals surface area (Å²) in [6, 6.07) is -0.261. The van der Waals surface area contributed by atoms with Gasteiger partial charge in [-0.25, -0.2) is 20.2 Å². The van der Waals surface area contributed by atoms with Gasteiger partial charge in [-0.05, 0) is 65.5 Å². The van der Waals surface area contributed by atoms with E-state index in [2.05, 4.69) is 34.4 Å². The lowest BCUT2D eigenvalue weighted by atomic mass is 9.64. The molecule has 2 aromatic rings. The third-order valence-corrected chi connectivity index (χ3v) is 8.84. The quantitative estimate of drug-likeness (QED) is 0.637. The number of rotatable bonds is 4. The van der Waals surface area contributed by atoms with Crippen LogP contribution in [0.25, 0.3) is 11.5 Å². The molecule has 36 heavy (non-hydrogen) atoms. The van der Waals surface area contributed by atoms with Crippen LogP contribution in [0.5, 0.6) is 0 Å². The first-order valence-corrected chi connectivity index (χ1v) is 13.2. The lowest BCUT2D eigenvalue weighted by molar-refractivity contribution is -0.143. The highest BCUT2D eigenvalue weighted by Gasteiger charge is 2.49. The van der Waals surface area contributed by atoms with Gasteiger partial charge in [0, 0.05) is 29.8 Å². The molecule has 2 aromatic heterocycles. The molecule has 10 nitrogen and oxygen atoms in total. The van der Waals surface area contributed by atoms with E-state index in [1.165, 1.54) is 7.11 Å². The average Bonchev–Trinajstić information content (AvgIpc) is 3.62. The van der Waals surface area contributed by atoms with Crippen LogP contribution in [0.15, 0.2) is 10.7 Å². The van der Waals surface area contributed by atoms with E-state index >= 15 is 0 Å². The smallest absolute Gasteiger partial charge is 0.329 e. The number of carbonyl (C=O) groups is 2. The number of esters is 1. The lowest BCUT2D eigenvalue weighted by Crippen LogP contribution is -2.52. The number of hydrazine groups is 1. The zero-order valence-corrected chi connectivity index (χ0v) is 21.2. The van der Waals surface area contributed by atoms with Gasteiger partial charge in [0.25, 0.3) is 0 Å². The van der Waals surface area contributed by atoms with Gasteiger partial charge in [-0.1, -0.05) is 11.6 Å². The second-order valence-corrected chi connectivity index (χ2v) is 10.8. The number of carbonyl (C=O) groups excluding carboxylic acids is 2. The minimum atomic E-state index is -0.664. The van der Waals surface area contributed by atoms with Gasteiger partial charge in [-0.3, -0.25) is 9.80 Å². The first-order chi connectivity index (χ1) is 17.4. The van der Waals surface area contributed by atoms with E-state index in [0.29, 0.717) is 35.4 Å². The molecule has 1 saturated heterocycles. The molecule has 1 unspecified atom stereocenters. The minimum absolute atomic E-state index is 0.0722. The van der Waals surface area contributed by atoms with Crippen molar-refractivity contribution >= 4 is 17.6 Å². The predicted molar refractivity (Wildman–Crippen MR) is 131 cm³/mol. The Kier molecular flexibility index (Phi) is 5.83. The second kappa shape index (κ2) is 8.92. The van der Waals surface area contributed by atoms with E-state index in [-0.39, 0.29) is 17.8 Å². The Labute approximate surface area is 210 Å². The predicted octanol–water partition coefficient (Wildman–Crippen LogP) is 2.87. The van der Waals surface area contributed by atoms with Gasteiger partial charge < -0.3 is 14.2 Å². The fourth-order valence-corrected chi connectivity index (χ4v) is 6.86. The van der Waals surface area contributed by atoms with Gasteiger partial charge in [0.05, 0.1) is 18.6 Å². The Morgan fingerprint density at radius 1 is 1.25 bits per heavy atom. The van der Waals surface area contributed by atoms with Gasteiger partial charge >= 0.3 is 5.97 Å². The van der Waals surface area contributed by atoms with E-state index in [4.69, 9.17) is 14.2 Å². The molecule has 2 aliphatic heterocycles. The van der Waals surface area contributed by atoms with Crippen molar-refractivity contribution < 1.29 is 18.8 Å². The monoisotopic (exact) mass is 494 g/mol.